The van der Waals surface area contributed by atoms with Crippen molar-refractivity contribution < 1.29 is 24.0 Å². The highest BCUT2D eigenvalue weighted by atomic mass is 16.7. The van der Waals surface area contributed by atoms with E-state index in [0.29, 0.717) is 0 Å². The molecule has 0 aliphatic carbocycles. The van der Waals surface area contributed by atoms with Crippen molar-refractivity contribution >= 4 is 17.8 Å². The minimum absolute atomic E-state index is 0.0880. The topological polar surface area (TPSA) is 98.9 Å². The number of hydrogen-bond donors (Lipinski definition) is 1. The predicted molar refractivity (Wildman–Crippen MR) is 61.2 cm³/mol. The van der Waals surface area contributed by atoms with E-state index in [9.17, 15) is 14.4 Å². The van der Waals surface area contributed by atoms with Gasteiger partial charge in [0.05, 0.1) is 0 Å². The highest BCUT2D eigenvalue weighted by molar-refractivity contribution is 5.91. The fourth-order valence-corrected chi connectivity index (χ4v) is 1.66. The monoisotopic (exact) mass is 258 g/mol. The lowest BCUT2D eigenvalue weighted by Crippen LogP contribution is -2.52. The summed E-state index contributed by atoms with van der Waals surface area (Å²) in [5, 5.41) is 0. The lowest BCUT2D eigenvalue weighted by molar-refractivity contribution is -0.153. The normalized spacial score (nSPS) is 20.6. The van der Waals surface area contributed by atoms with Crippen molar-refractivity contribution in [2.75, 3.05) is 6.54 Å². The van der Waals surface area contributed by atoms with Gasteiger partial charge in [-0.05, 0) is 20.8 Å². The van der Waals surface area contributed by atoms with Crippen LogP contribution in [0.4, 0.5) is 4.79 Å². The molecule has 18 heavy (non-hydrogen) atoms. The maximum atomic E-state index is 11.9. The number of carbonyl (C=O) groups is 3. The Morgan fingerprint density at radius 3 is 2.50 bits per heavy atom. The number of nitrogens with two attached hydrogens (primary N) is 1. The van der Waals surface area contributed by atoms with Gasteiger partial charge < -0.3 is 9.57 Å². The molecule has 1 aliphatic heterocycles. The molecule has 0 spiro atoms. The standard InChI is InChI=1S/C11H18N2O5/c1-11(2,3)17-10(16)13-5-4-7(14)6-8(13)9(15)18-12/h8H,4-6,12H2,1-3H3. The molecular formula is C11H18N2O5. The number of Topliss-reactive ketones (excluding diaryl/α,β-unsaturated/α-hetero) is 1. The fraction of sp³-hybridized carbons (Fsp3) is 0.727. The van der Waals surface area contributed by atoms with Crippen LogP contribution in [0.25, 0.3) is 0 Å². The molecule has 0 radical (unpaired) electrons. The van der Waals surface area contributed by atoms with Crippen LogP contribution in [0.3, 0.4) is 0 Å². The van der Waals surface area contributed by atoms with Gasteiger partial charge in [-0.3, -0.25) is 9.69 Å². The molecule has 2 N–H and O–H groups in total. The summed E-state index contributed by atoms with van der Waals surface area (Å²) < 4.78 is 5.16. The third kappa shape index (κ3) is 3.69. The average molecular weight is 258 g/mol. The van der Waals surface area contributed by atoms with Crippen LogP contribution < -0.4 is 5.90 Å². The van der Waals surface area contributed by atoms with Gasteiger partial charge >= 0.3 is 12.1 Å². The molecule has 1 rings (SSSR count). The van der Waals surface area contributed by atoms with Crippen LogP contribution in [0.5, 0.6) is 0 Å². The third-order valence-electron chi connectivity index (χ3n) is 2.45. The Hall–Kier alpha value is -1.63. The number of carbonyl (C=O) groups excluding carboxylic acids is 3. The molecule has 7 nitrogen and oxygen atoms in total. The van der Waals surface area contributed by atoms with Crippen molar-refractivity contribution in [3.63, 3.8) is 0 Å². The van der Waals surface area contributed by atoms with E-state index in [2.05, 4.69) is 4.84 Å². The molecule has 1 saturated heterocycles. The van der Waals surface area contributed by atoms with Crippen molar-refractivity contribution in [3.8, 4) is 0 Å². The second-order valence-electron chi connectivity index (χ2n) is 5.12. The molecule has 0 saturated carbocycles. The van der Waals surface area contributed by atoms with Crippen molar-refractivity contribution in [2.45, 2.75) is 45.3 Å². The molecule has 0 bridgehead atoms. The van der Waals surface area contributed by atoms with Gasteiger partial charge in [0.25, 0.3) is 0 Å². The Kier molecular flexibility index (Phi) is 4.28. The summed E-state index contributed by atoms with van der Waals surface area (Å²) in [6.45, 7) is 5.29. The molecular weight excluding hydrogens is 240 g/mol. The van der Waals surface area contributed by atoms with Crippen LogP contribution >= 0.6 is 0 Å². The second-order valence-corrected chi connectivity index (χ2v) is 5.12. The molecule has 0 aromatic carbocycles. The first kappa shape index (κ1) is 14.4. The first-order valence-electron chi connectivity index (χ1n) is 5.66. The third-order valence-corrected chi connectivity index (χ3v) is 2.45. The van der Waals surface area contributed by atoms with Gasteiger partial charge in [-0.15, -0.1) is 0 Å². The summed E-state index contributed by atoms with van der Waals surface area (Å²) in [4.78, 5) is 39.9. The minimum atomic E-state index is -0.994. The van der Waals surface area contributed by atoms with Crippen LogP contribution in [-0.2, 0) is 19.2 Å². The number of likely N-dealkylation sites (tertiary alicyclic amines) is 1. The maximum absolute atomic E-state index is 11.9. The smallest absolute Gasteiger partial charge is 0.411 e. The molecule has 1 fully saturated rings. The highest BCUT2D eigenvalue weighted by Gasteiger charge is 2.38. The Bertz CT molecular complexity index is 361. The molecule has 1 unspecified atom stereocenters. The fourth-order valence-electron chi connectivity index (χ4n) is 1.66. The molecule has 1 heterocycles. The van der Waals surface area contributed by atoms with Crippen LogP contribution in [0, 0.1) is 0 Å². The zero-order chi connectivity index (χ0) is 13.9. The van der Waals surface area contributed by atoms with Crippen LogP contribution in [0.1, 0.15) is 33.6 Å². The molecule has 102 valence electrons. The zero-order valence-corrected chi connectivity index (χ0v) is 10.8. The number of ketones is 1. The SMILES string of the molecule is CC(C)(C)OC(=O)N1CCC(=O)CC1C(=O)ON. The van der Waals surface area contributed by atoms with Gasteiger partial charge in [-0.1, -0.05) is 0 Å². The Balaban J connectivity index is 2.80. The second kappa shape index (κ2) is 5.34. The Morgan fingerprint density at radius 1 is 1.39 bits per heavy atom. The summed E-state index contributed by atoms with van der Waals surface area (Å²) >= 11 is 0. The minimum Gasteiger partial charge on any atom is -0.444 e. The van der Waals surface area contributed by atoms with Crippen LogP contribution in [0.2, 0.25) is 0 Å². The number of amides is 1. The number of piperidine rings is 1. The van der Waals surface area contributed by atoms with Crippen molar-refractivity contribution in [2.24, 2.45) is 5.90 Å². The van der Waals surface area contributed by atoms with Gasteiger partial charge in [0.1, 0.15) is 17.4 Å². The predicted octanol–water partition coefficient (Wildman–Crippen LogP) is 0.372. The van der Waals surface area contributed by atoms with Gasteiger partial charge in [-0.2, -0.15) is 5.90 Å². The zero-order valence-electron chi connectivity index (χ0n) is 10.8. The highest BCUT2D eigenvalue weighted by Crippen LogP contribution is 2.19. The molecule has 0 aromatic heterocycles. The van der Waals surface area contributed by atoms with E-state index in [0.717, 1.165) is 0 Å². The van der Waals surface area contributed by atoms with Gasteiger partial charge in [0.2, 0.25) is 0 Å². The maximum Gasteiger partial charge on any atom is 0.411 e. The first-order chi connectivity index (χ1) is 8.24. The van der Waals surface area contributed by atoms with E-state index < -0.39 is 23.7 Å². The summed E-state index contributed by atoms with van der Waals surface area (Å²) in [7, 11) is 0. The first-order valence-corrected chi connectivity index (χ1v) is 5.66. The number of hydrogen-bond acceptors (Lipinski definition) is 6. The van der Waals surface area contributed by atoms with E-state index >= 15 is 0 Å². The van der Waals surface area contributed by atoms with Crippen LogP contribution in [-0.4, -0.2) is 40.9 Å². The lowest BCUT2D eigenvalue weighted by Gasteiger charge is -2.34. The van der Waals surface area contributed by atoms with E-state index in [1.54, 1.807) is 20.8 Å². The average Bonchev–Trinajstić information content (AvgIpc) is 2.25. The largest absolute Gasteiger partial charge is 0.444 e. The Labute approximate surface area is 105 Å². The number of ether oxygens (including phenoxy) is 1. The number of rotatable bonds is 1. The molecule has 0 aromatic rings. The van der Waals surface area contributed by atoms with Gasteiger partial charge in [-0.25, -0.2) is 9.59 Å². The summed E-state index contributed by atoms with van der Waals surface area (Å²) in [6.07, 6.45) is -0.534. The van der Waals surface area contributed by atoms with E-state index in [1.165, 1.54) is 4.90 Å². The van der Waals surface area contributed by atoms with Gasteiger partial charge in [0, 0.05) is 19.4 Å². The molecule has 7 heteroatoms. The summed E-state index contributed by atoms with van der Waals surface area (Å²) in [5.74, 6) is 3.88. The van der Waals surface area contributed by atoms with Crippen molar-refractivity contribution in [1.82, 2.24) is 4.90 Å². The summed E-state index contributed by atoms with van der Waals surface area (Å²) in [5.41, 5.74) is -0.671. The quantitative estimate of drug-likeness (QED) is 0.682. The number of nitrogens with zero attached hydrogens (tertiary/aromatic N) is 1. The van der Waals surface area contributed by atoms with Gasteiger partial charge in [0.15, 0.2) is 0 Å². The van der Waals surface area contributed by atoms with E-state index in [-0.39, 0.29) is 25.2 Å². The van der Waals surface area contributed by atoms with Crippen molar-refractivity contribution in [1.29, 1.82) is 0 Å². The summed E-state index contributed by atoms with van der Waals surface area (Å²) in [6, 6.07) is -0.994. The lowest BCUT2D eigenvalue weighted by atomic mass is 10.0. The van der Waals surface area contributed by atoms with Crippen LogP contribution in [0.15, 0.2) is 0 Å². The molecule has 1 aliphatic rings. The molecule has 1 amide bonds. The van der Waals surface area contributed by atoms with E-state index in [4.69, 9.17) is 10.6 Å². The molecule has 1 atom stereocenters. The van der Waals surface area contributed by atoms with Crippen molar-refractivity contribution in [3.05, 3.63) is 0 Å². The Morgan fingerprint density at radius 2 is 2.00 bits per heavy atom. The van der Waals surface area contributed by atoms with E-state index in [1.807, 2.05) is 0 Å².